The number of anilines is 2. The predicted molar refractivity (Wildman–Crippen MR) is 76.3 cm³/mol. The smallest absolute Gasteiger partial charge is 0.239 e. The van der Waals surface area contributed by atoms with E-state index in [1.165, 1.54) is 5.56 Å². The largest absolute Gasteiger partial charge is 0.397 e. The quantitative estimate of drug-likeness (QED) is 0.770. The fraction of sp³-hybridized carbons (Fsp3) is 0.500. The zero-order valence-corrected chi connectivity index (χ0v) is 11.5. The fourth-order valence-electron chi connectivity index (χ4n) is 2.51. The summed E-state index contributed by atoms with van der Waals surface area (Å²) in [6, 6.07) is 5.92. The second-order valence-corrected chi connectivity index (χ2v) is 4.95. The van der Waals surface area contributed by atoms with Gasteiger partial charge in [0.05, 0.1) is 24.5 Å². The highest BCUT2D eigenvalue weighted by molar-refractivity contribution is 5.85. The zero-order chi connectivity index (χ0) is 13.8. The van der Waals surface area contributed by atoms with Gasteiger partial charge in [0, 0.05) is 19.7 Å². The molecule has 0 bridgehead atoms. The topological polar surface area (TPSA) is 67.6 Å². The minimum atomic E-state index is 0.000605. The molecule has 1 atom stereocenters. The van der Waals surface area contributed by atoms with Crippen LogP contribution in [0.2, 0.25) is 0 Å². The van der Waals surface area contributed by atoms with Gasteiger partial charge in [-0.2, -0.15) is 0 Å². The van der Waals surface area contributed by atoms with Crippen LogP contribution in [-0.4, -0.2) is 38.8 Å². The summed E-state index contributed by atoms with van der Waals surface area (Å²) < 4.78 is 5.00. The van der Waals surface area contributed by atoms with Crippen LogP contribution in [0.3, 0.4) is 0 Å². The molecule has 0 aliphatic carbocycles. The Morgan fingerprint density at radius 1 is 1.58 bits per heavy atom. The molecular weight excluding hydrogens is 242 g/mol. The Morgan fingerprint density at radius 3 is 3.11 bits per heavy atom. The Labute approximate surface area is 113 Å². The summed E-state index contributed by atoms with van der Waals surface area (Å²) >= 11 is 0. The molecule has 1 aromatic rings. The summed E-state index contributed by atoms with van der Waals surface area (Å²) in [5, 5.41) is 2.91. The number of para-hydroxylation sites is 1. The van der Waals surface area contributed by atoms with Crippen LogP contribution in [0.15, 0.2) is 18.2 Å². The number of nitrogens with zero attached hydrogens (tertiary/aromatic N) is 1. The van der Waals surface area contributed by atoms with Crippen LogP contribution in [0, 0.1) is 0 Å². The lowest BCUT2D eigenvalue weighted by Gasteiger charge is -2.21. The maximum absolute atomic E-state index is 12.0. The molecule has 0 saturated carbocycles. The van der Waals surface area contributed by atoms with Crippen molar-refractivity contribution in [2.75, 3.05) is 37.4 Å². The molecule has 5 nitrogen and oxygen atoms in total. The van der Waals surface area contributed by atoms with Crippen molar-refractivity contribution in [3.8, 4) is 0 Å². The van der Waals surface area contributed by atoms with Crippen LogP contribution in [0.4, 0.5) is 11.4 Å². The number of hydrogen-bond acceptors (Lipinski definition) is 4. The monoisotopic (exact) mass is 263 g/mol. The molecule has 0 fully saturated rings. The number of benzene rings is 1. The number of fused-ring (bicyclic) bond motifs is 1. The summed E-state index contributed by atoms with van der Waals surface area (Å²) in [6.07, 6.45) is 0.946. The maximum atomic E-state index is 12.0. The first-order valence-electron chi connectivity index (χ1n) is 6.52. The SMILES string of the molecule is COCC(C)NC(=O)CN1CCc2cccc(N)c21. The third-order valence-corrected chi connectivity index (χ3v) is 3.28. The van der Waals surface area contributed by atoms with Crippen molar-refractivity contribution in [1.29, 1.82) is 0 Å². The Hall–Kier alpha value is -1.75. The Kier molecular flexibility index (Phi) is 4.27. The molecule has 1 unspecified atom stereocenters. The van der Waals surface area contributed by atoms with Gasteiger partial charge in [-0.3, -0.25) is 4.79 Å². The predicted octanol–water partition coefficient (Wildman–Crippen LogP) is 0.782. The van der Waals surface area contributed by atoms with Crippen LogP contribution in [0.1, 0.15) is 12.5 Å². The minimum absolute atomic E-state index is 0.000605. The zero-order valence-electron chi connectivity index (χ0n) is 11.5. The first-order valence-corrected chi connectivity index (χ1v) is 6.52. The van der Waals surface area contributed by atoms with E-state index in [9.17, 15) is 4.79 Å². The molecule has 104 valence electrons. The van der Waals surface area contributed by atoms with Crippen LogP contribution >= 0.6 is 0 Å². The number of nitrogens with one attached hydrogen (secondary N) is 1. The third kappa shape index (κ3) is 3.17. The van der Waals surface area contributed by atoms with E-state index in [1.807, 2.05) is 24.0 Å². The number of hydrogen-bond donors (Lipinski definition) is 2. The lowest BCUT2D eigenvalue weighted by atomic mass is 10.1. The molecule has 1 aliphatic rings. The molecule has 3 N–H and O–H groups in total. The summed E-state index contributed by atoms with van der Waals surface area (Å²) in [5.74, 6) is 0.000605. The van der Waals surface area contributed by atoms with E-state index < -0.39 is 0 Å². The van der Waals surface area contributed by atoms with Gasteiger partial charge >= 0.3 is 0 Å². The van der Waals surface area contributed by atoms with Crippen molar-refractivity contribution in [2.45, 2.75) is 19.4 Å². The maximum Gasteiger partial charge on any atom is 0.239 e. The molecular formula is C14H21N3O2. The summed E-state index contributed by atoms with van der Waals surface area (Å²) in [7, 11) is 1.63. The number of carbonyl (C=O) groups excluding carboxylic acids is 1. The number of nitrogens with two attached hydrogens (primary N) is 1. The molecule has 0 spiro atoms. The highest BCUT2D eigenvalue weighted by atomic mass is 16.5. The van der Waals surface area contributed by atoms with Gasteiger partial charge in [0.2, 0.25) is 5.91 Å². The van der Waals surface area contributed by atoms with Crippen molar-refractivity contribution >= 4 is 17.3 Å². The number of nitrogen functional groups attached to an aromatic ring is 1. The molecule has 2 rings (SSSR count). The molecule has 19 heavy (non-hydrogen) atoms. The summed E-state index contributed by atoms with van der Waals surface area (Å²) in [6.45, 7) is 3.63. The summed E-state index contributed by atoms with van der Waals surface area (Å²) in [5.41, 5.74) is 8.97. The van der Waals surface area contributed by atoms with E-state index in [1.54, 1.807) is 7.11 Å². The Morgan fingerprint density at radius 2 is 2.37 bits per heavy atom. The minimum Gasteiger partial charge on any atom is -0.397 e. The lowest BCUT2D eigenvalue weighted by Crippen LogP contribution is -2.42. The molecule has 0 radical (unpaired) electrons. The first-order chi connectivity index (χ1) is 9.11. The van der Waals surface area contributed by atoms with Crippen LogP contribution in [0.25, 0.3) is 0 Å². The van der Waals surface area contributed by atoms with E-state index in [-0.39, 0.29) is 11.9 Å². The highest BCUT2D eigenvalue weighted by Gasteiger charge is 2.23. The van der Waals surface area contributed by atoms with Gasteiger partial charge in [0.15, 0.2) is 0 Å². The van der Waals surface area contributed by atoms with E-state index in [4.69, 9.17) is 10.5 Å². The van der Waals surface area contributed by atoms with E-state index in [0.717, 1.165) is 24.3 Å². The molecule has 1 heterocycles. The number of ether oxygens (including phenoxy) is 1. The van der Waals surface area contributed by atoms with Crippen molar-refractivity contribution in [3.05, 3.63) is 23.8 Å². The van der Waals surface area contributed by atoms with Gasteiger partial charge in [0.1, 0.15) is 0 Å². The van der Waals surface area contributed by atoms with Crippen LogP contribution in [-0.2, 0) is 16.0 Å². The lowest BCUT2D eigenvalue weighted by molar-refractivity contribution is -0.120. The van der Waals surface area contributed by atoms with Gasteiger partial charge in [-0.25, -0.2) is 0 Å². The van der Waals surface area contributed by atoms with Crippen LogP contribution < -0.4 is 16.0 Å². The second-order valence-electron chi connectivity index (χ2n) is 4.95. The average Bonchev–Trinajstić information content (AvgIpc) is 2.74. The van der Waals surface area contributed by atoms with Gasteiger partial charge in [-0.05, 0) is 25.0 Å². The van der Waals surface area contributed by atoms with E-state index in [2.05, 4.69) is 11.4 Å². The van der Waals surface area contributed by atoms with Gasteiger partial charge in [-0.15, -0.1) is 0 Å². The van der Waals surface area contributed by atoms with Crippen molar-refractivity contribution in [3.63, 3.8) is 0 Å². The molecule has 0 aromatic heterocycles. The standard InChI is InChI=1S/C14H21N3O2/c1-10(9-19-2)16-13(18)8-17-7-6-11-4-3-5-12(15)14(11)17/h3-5,10H,6-9,15H2,1-2H3,(H,16,18). The van der Waals surface area contributed by atoms with Gasteiger partial charge in [-0.1, -0.05) is 12.1 Å². The third-order valence-electron chi connectivity index (χ3n) is 3.28. The summed E-state index contributed by atoms with van der Waals surface area (Å²) in [4.78, 5) is 14.0. The van der Waals surface area contributed by atoms with Crippen LogP contribution in [0.5, 0.6) is 0 Å². The van der Waals surface area contributed by atoms with Crippen molar-refractivity contribution < 1.29 is 9.53 Å². The molecule has 1 aliphatic heterocycles. The number of methoxy groups -OCH3 is 1. The normalized spacial score (nSPS) is 15.2. The average molecular weight is 263 g/mol. The number of carbonyl (C=O) groups is 1. The van der Waals surface area contributed by atoms with Crippen molar-refractivity contribution in [2.24, 2.45) is 0 Å². The first kappa shape index (κ1) is 13.7. The highest BCUT2D eigenvalue weighted by Crippen LogP contribution is 2.33. The van der Waals surface area contributed by atoms with Gasteiger partial charge < -0.3 is 20.7 Å². The molecule has 1 amide bonds. The van der Waals surface area contributed by atoms with Gasteiger partial charge in [0.25, 0.3) is 0 Å². The molecule has 1 aromatic carbocycles. The fourth-order valence-corrected chi connectivity index (χ4v) is 2.51. The van der Waals surface area contributed by atoms with E-state index >= 15 is 0 Å². The Balaban J connectivity index is 1.97. The number of rotatable bonds is 5. The second kappa shape index (κ2) is 5.93. The Bertz CT molecular complexity index is 462. The van der Waals surface area contributed by atoms with E-state index in [0.29, 0.717) is 13.2 Å². The number of amides is 1. The van der Waals surface area contributed by atoms with Crippen molar-refractivity contribution in [1.82, 2.24) is 5.32 Å². The molecule has 0 saturated heterocycles. The molecule has 5 heteroatoms.